The van der Waals surface area contributed by atoms with Gasteiger partial charge in [-0.1, -0.05) is 23.7 Å². The van der Waals surface area contributed by atoms with Crippen LogP contribution in [0.15, 0.2) is 24.3 Å². The standard InChI is InChI=1S/C12H11ClF3NO2/c13-10-4-2-1-3-9(10)11(18)17-5-8(6-17)19-7-12(14,15)16/h1-4,8H,5-7H2. The first kappa shape index (κ1) is 14.1. The summed E-state index contributed by atoms with van der Waals surface area (Å²) in [6.07, 6.45) is -4.90. The zero-order valence-corrected chi connectivity index (χ0v) is 10.5. The van der Waals surface area contributed by atoms with E-state index in [9.17, 15) is 18.0 Å². The minimum absolute atomic E-state index is 0.153. The van der Waals surface area contributed by atoms with Crippen LogP contribution in [0.4, 0.5) is 13.2 Å². The zero-order valence-electron chi connectivity index (χ0n) is 9.78. The first-order valence-corrected chi connectivity index (χ1v) is 5.97. The predicted molar refractivity (Wildman–Crippen MR) is 63.2 cm³/mol. The van der Waals surface area contributed by atoms with Crippen molar-refractivity contribution >= 4 is 17.5 Å². The Morgan fingerprint density at radius 2 is 2.00 bits per heavy atom. The Hall–Kier alpha value is -1.27. The minimum Gasteiger partial charge on any atom is -0.365 e. The largest absolute Gasteiger partial charge is 0.411 e. The number of halogens is 4. The van der Waals surface area contributed by atoms with Crippen LogP contribution in [0.1, 0.15) is 10.4 Å². The van der Waals surface area contributed by atoms with Gasteiger partial charge in [0, 0.05) is 13.1 Å². The first-order chi connectivity index (χ1) is 8.87. The van der Waals surface area contributed by atoms with Gasteiger partial charge in [0.05, 0.1) is 16.7 Å². The monoisotopic (exact) mass is 293 g/mol. The van der Waals surface area contributed by atoms with E-state index in [2.05, 4.69) is 4.74 Å². The van der Waals surface area contributed by atoms with Crippen LogP contribution in [0.2, 0.25) is 5.02 Å². The summed E-state index contributed by atoms with van der Waals surface area (Å²) in [5, 5.41) is 0.326. The molecule has 1 aromatic rings. The summed E-state index contributed by atoms with van der Waals surface area (Å²) in [5.41, 5.74) is 0.346. The van der Waals surface area contributed by atoms with Gasteiger partial charge in [-0.2, -0.15) is 13.2 Å². The maximum Gasteiger partial charge on any atom is 0.411 e. The molecule has 1 aliphatic heterocycles. The summed E-state index contributed by atoms with van der Waals surface area (Å²) < 4.78 is 40.4. The second-order valence-electron chi connectivity index (χ2n) is 4.24. The lowest BCUT2D eigenvalue weighted by atomic mass is 10.1. The smallest absolute Gasteiger partial charge is 0.365 e. The van der Waals surface area contributed by atoms with E-state index >= 15 is 0 Å². The highest BCUT2D eigenvalue weighted by Gasteiger charge is 2.36. The minimum atomic E-state index is -4.34. The Morgan fingerprint density at radius 3 is 2.58 bits per heavy atom. The van der Waals surface area contributed by atoms with Crippen LogP contribution in [0.5, 0.6) is 0 Å². The molecule has 1 amide bonds. The van der Waals surface area contributed by atoms with Crippen LogP contribution >= 0.6 is 11.6 Å². The number of hydrogen-bond donors (Lipinski definition) is 0. The van der Waals surface area contributed by atoms with Crippen molar-refractivity contribution in [1.82, 2.24) is 4.90 Å². The van der Waals surface area contributed by atoms with E-state index in [0.29, 0.717) is 10.6 Å². The highest BCUT2D eigenvalue weighted by Crippen LogP contribution is 2.23. The van der Waals surface area contributed by atoms with Gasteiger partial charge in [-0.05, 0) is 12.1 Å². The average Bonchev–Trinajstić information content (AvgIpc) is 2.25. The molecule has 0 bridgehead atoms. The SMILES string of the molecule is O=C(c1ccccc1Cl)N1CC(OCC(F)(F)F)C1. The lowest BCUT2D eigenvalue weighted by molar-refractivity contribution is -0.196. The van der Waals surface area contributed by atoms with E-state index < -0.39 is 18.9 Å². The number of rotatable bonds is 3. The summed E-state index contributed by atoms with van der Waals surface area (Å²) in [7, 11) is 0. The van der Waals surface area contributed by atoms with Crippen molar-refractivity contribution in [3.05, 3.63) is 34.9 Å². The molecule has 0 aromatic heterocycles. The molecule has 0 unspecified atom stereocenters. The molecule has 19 heavy (non-hydrogen) atoms. The number of nitrogens with zero attached hydrogens (tertiary/aromatic N) is 1. The van der Waals surface area contributed by atoms with Crippen LogP contribution in [0.3, 0.4) is 0 Å². The molecule has 3 nitrogen and oxygen atoms in total. The van der Waals surface area contributed by atoms with Gasteiger partial charge in [0.1, 0.15) is 6.61 Å². The molecule has 0 saturated carbocycles. The van der Waals surface area contributed by atoms with E-state index in [1.54, 1.807) is 24.3 Å². The fourth-order valence-corrected chi connectivity index (χ4v) is 1.94. The molecule has 0 aliphatic carbocycles. The second kappa shape index (κ2) is 5.38. The van der Waals surface area contributed by atoms with Gasteiger partial charge in [0.15, 0.2) is 0 Å². The van der Waals surface area contributed by atoms with E-state index in [-0.39, 0.29) is 19.0 Å². The molecule has 1 aromatic carbocycles. The van der Waals surface area contributed by atoms with Gasteiger partial charge in [-0.25, -0.2) is 0 Å². The quantitative estimate of drug-likeness (QED) is 0.857. The van der Waals surface area contributed by atoms with Gasteiger partial charge in [-0.3, -0.25) is 4.79 Å². The molecule has 104 valence electrons. The highest BCUT2D eigenvalue weighted by molar-refractivity contribution is 6.33. The van der Waals surface area contributed by atoms with Gasteiger partial charge >= 0.3 is 6.18 Å². The van der Waals surface area contributed by atoms with Crippen molar-refractivity contribution in [2.45, 2.75) is 12.3 Å². The number of carbonyl (C=O) groups excluding carboxylic acids is 1. The second-order valence-corrected chi connectivity index (χ2v) is 4.65. The molecule has 0 radical (unpaired) electrons. The van der Waals surface area contributed by atoms with E-state index in [4.69, 9.17) is 11.6 Å². The van der Waals surface area contributed by atoms with Crippen molar-refractivity contribution in [2.24, 2.45) is 0 Å². The summed E-state index contributed by atoms with van der Waals surface area (Å²) in [5.74, 6) is -0.294. The number of benzene rings is 1. The van der Waals surface area contributed by atoms with Crippen LogP contribution in [0.25, 0.3) is 0 Å². The van der Waals surface area contributed by atoms with Gasteiger partial charge in [-0.15, -0.1) is 0 Å². The number of hydrogen-bond acceptors (Lipinski definition) is 2. The number of ether oxygens (including phenoxy) is 1. The maximum atomic E-state index is 12.0. The molecule has 0 N–H and O–H groups in total. The maximum absolute atomic E-state index is 12.0. The van der Waals surface area contributed by atoms with Crippen molar-refractivity contribution in [3.63, 3.8) is 0 Å². The number of alkyl halides is 3. The topological polar surface area (TPSA) is 29.5 Å². The van der Waals surface area contributed by atoms with Crippen molar-refractivity contribution in [3.8, 4) is 0 Å². The molecule has 2 rings (SSSR count). The Morgan fingerprint density at radius 1 is 1.37 bits per heavy atom. The van der Waals surface area contributed by atoms with E-state index in [0.717, 1.165) is 0 Å². The average molecular weight is 294 g/mol. The summed E-state index contributed by atoms with van der Waals surface area (Å²) in [6, 6.07) is 6.54. The Labute approximate surface area is 112 Å². The van der Waals surface area contributed by atoms with Gasteiger partial charge in [0.2, 0.25) is 0 Å². The van der Waals surface area contributed by atoms with E-state index in [1.807, 2.05) is 0 Å². The van der Waals surface area contributed by atoms with Gasteiger partial charge in [0.25, 0.3) is 5.91 Å². The van der Waals surface area contributed by atoms with Crippen molar-refractivity contribution in [1.29, 1.82) is 0 Å². The van der Waals surface area contributed by atoms with Crippen molar-refractivity contribution in [2.75, 3.05) is 19.7 Å². The number of likely N-dealkylation sites (tertiary alicyclic amines) is 1. The van der Waals surface area contributed by atoms with Crippen LogP contribution in [-0.4, -0.2) is 42.8 Å². The lowest BCUT2D eigenvalue weighted by Crippen LogP contribution is -2.55. The Bertz CT molecular complexity index is 472. The molecule has 1 fully saturated rings. The third-order valence-electron chi connectivity index (χ3n) is 2.72. The van der Waals surface area contributed by atoms with Crippen LogP contribution < -0.4 is 0 Å². The summed E-state index contributed by atoms with van der Waals surface area (Å²) >= 11 is 5.87. The molecular formula is C12H11ClF3NO2. The first-order valence-electron chi connectivity index (χ1n) is 5.59. The van der Waals surface area contributed by atoms with Crippen molar-refractivity contribution < 1.29 is 22.7 Å². The summed E-state index contributed by atoms with van der Waals surface area (Å²) in [6.45, 7) is -0.980. The number of carbonyl (C=O) groups is 1. The number of amides is 1. The Kier molecular flexibility index (Phi) is 4.01. The fraction of sp³-hybridized carbons (Fsp3) is 0.417. The third-order valence-corrected chi connectivity index (χ3v) is 3.05. The fourth-order valence-electron chi connectivity index (χ4n) is 1.73. The molecule has 0 atom stereocenters. The lowest BCUT2D eigenvalue weighted by Gasteiger charge is -2.39. The molecular weight excluding hydrogens is 283 g/mol. The molecule has 0 spiro atoms. The summed E-state index contributed by atoms with van der Waals surface area (Å²) in [4.78, 5) is 13.4. The third kappa shape index (κ3) is 3.61. The zero-order chi connectivity index (χ0) is 14.0. The normalized spacial score (nSPS) is 16.3. The predicted octanol–water partition coefficient (Wildman–Crippen LogP) is 2.74. The molecule has 1 saturated heterocycles. The Balaban J connectivity index is 1.84. The molecule has 7 heteroatoms. The van der Waals surface area contributed by atoms with Gasteiger partial charge < -0.3 is 9.64 Å². The molecule has 1 aliphatic rings. The van der Waals surface area contributed by atoms with Crippen LogP contribution in [0, 0.1) is 0 Å². The molecule has 1 heterocycles. The van der Waals surface area contributed by atoms with Crippen LogP contribution in [-0.2, 0) is 4.74 Å². The van der Waals surface area contributed by atoms with E-state index in [1.165, 1.54) is 4.90 Å². The highest BCUT2D eigenvalue weighted by atomic mass is 35.5.